The molecule has 0 saturated carbocycles. The Hall–Kier alpha value is -4.62. The van der Waals surface area contributed by atoms with Gasteiger partial charge in [0.25, 0.3) is 30.4 Å². The van der Waals surface area contributed by atoms with E-state index in [0.29, 0.717) is 26.3 Å². The molecule has 23 heteroatoms. The van der Waals surface area contributed by atoms with Gasteiger partial charge in [0.15, 0.2) is 0 Å². The van der Waals surface area contributed by atoms with Crippen LogP contribution in [0.25, 0.3) is 10.8 Å². The average Bonchev–Trinajstić information content (AvgIpc) is 2.99. The summed E-state index contributed by atoms with van der Waals surface area (Å²) >= 11 is 0. The molecule has 4 aromatic rings. The van der Waals surface area contributed by atoms with Crippen molar-refractivity contribution in [2.24, 2.45) is 10.2 Å². The number of hydrogen-bond acceptors (Lipinski definition) is 16. The van der Waals surface area contributed by atoms with E-state index in [0.717, 1.165) is 49.6 Å². The second kappa shape index (κ2) is 13.6. The number of nitrogen functional groups attached to an aromatic ring is 1. The Bertz CT molecular complexity index is 2250. The van der Waals surface area contributed by atoms with Gasteiger partial charge in [-0.2, -0.15) is 35.2 Å². The zero-order valence-electron chi connectivity index (χ0n) is 24.0. The molecule has 47 heavy (non-hydrogen) atoms. The predicted octanol–water partition coefficient (Wildman–Crippen LogP) is 1.24. The van der Waals surface area contributed by atoms with Crippen molar-refractivity contribution in [1.82, 2.24) is 15.0 Å². The van der Waals surface area contributed by atoms with Crippen molar-refractivity contribution in [1.29, 1.82) is 0 Å². The summed E-state index contributed by atoms with van der Waals surface area (Å²) in [6, 6.07) is 6.85. The van der Waals surface area contributed by atoms with Crippen LogP contribution < -0.4 is 21.6 Å². The van der Waals surface area contributed by atoms with Gasteiger partial charge in [-0.1, -0.05) is 0 Å². The van der Waals surface area contributed by atoms with E-state index in [9.17, 15) is 43.7 Å². The topological polar surface area (TPSA) is 317 Å². The molecular weight excluding hydrogens is 689 g/mol. The highest BCUT2D eigenvalue weighted by atomic mass is 32.2. The third kappa shape index (κ3) is 8.40. The zero-order chi connectivity index (χ0) is 34.7. The first-order chi connectivity index (χ1) is 22.0. The van der Waals surface area contributed by atoms with Crippen molar-refractivity contribution in [2.45, 2.75) is 14.7 Å². The van der Waals surface area contributed by atoms with Gasteiger partial charge in [-0.25, -0.2) is 4.79 Å². The minimum absolute atomic E-state index is 0.0127. The minimum Gasteiger partial charge on any atom is -0.400 e. The molecule has 5 rings (SSSR count). The first kappa shape index (κ1) is 35.2. The summed E-state index contributed by atoms with van der Waals surface area (Å²) in [5, 5.41) is 17.1. The SMILES string of the molecule is CO.Nc1ccc(S(=O)(=O)O)c(N=Nc2cc3c(Nc4nc(N5CCOCC5)nc(=O)[nH]4)cc(S(=O)(=O)O)cc3cc2S(=O)(=O)O)c1. The van der Waals surface area contributed by atoms with E-state index in [1.165, 1.54) is 0 Å². The Morgan fingerprint density at radius 2 is 1.47 bits per heavy atom. The summed E-state index contributed by atoms with van der Waals surface area (Å²) in [5.74, 6) is -0.190. The van der Waals surface area contributed by atoms with Crippen LogP contribution in [0.5, 0.6) is 0 Å². The van der Waals surface area contributed by atoms with Crippen LogP contribution in [-0.2, 0) is 35.1 Å². The standard InChI is InChI=1S/C23H22N8O11S3.CH4O/c24-13-1-2-19(44(36,37)38)17(9-13)29-30-18-11-15-12(8-20(18)45(39,40)41)7-14(43(33,34)35)10-16(15)25-21-26-22(28-23(32)27-21)31-3-5-42-6-4-31;1-2/h1-2,7-11H,3-6,24H2,(H,33,34,35)(H,36,37,38)(H,39,40,41)(H2,25,26,27,28,32);2H,1H3. The normalized spacial score (nSPS) is 14.2. The number of benzene rings is 3. The monoisotopic (exact) mass is 714 g/mol. The molecule has 1 fully saturated rings. The maximum atomic E-state index is 12.4. The van der Waals surface area contributed by atoms with Gasteiger partial charge in [0.2, 0.25) is 11.9 Å². The summed E-state index contributed by atoms with van der Waals surface area (Å²) in [6.45, 7) is 1.47. The van der Waals surface area contributed by atoms with Gasteiger partial charge in [-0.3, -0.25) is 18.6 Å². The van der Waals surface area contributed by atoms with Crippen molar-refractivity contribution >= 4 is 75.8 Å². The van der Waals surface area contributed by atoms with Crippen molar-refractivity contribution in [3.05, 3.63) is 52.9 Å². The Morgan fingerprint density at radius 3 is 2.06 bits per heavy atom. The Kier molecular flexibility index (Phi) is 10.2. The van der Waals surface area contributed by atoms with Gasteiger partial charge in [0.1, 0.15) is 21.2 Å². The molecule has 0 bridgehead atoms. The van der Waals surface area contributed by atoms with E-state index in [1.807, 2.05) is 0 Å². The van der Waals surface area contributed by atoms with E-state index >= 15 is 0 Å². The number of nitrogens with zero attached hydrogens (tertiary/aromatic N) is 5. The van der Waals surface area contributed by atoms with Gasteiger partial charge in [-0.15, -0.1) is 10.2 Å². The fourth-order valence-electron chi connectivity index (χ4n) is 4.29. The summed E-state index contributed by atoms with van der Waals surface area (Å²) in [4.78, 5) is 22.2. The largest absolute Gasteiger partial charge is 0.400 e. The van der Waals surface area contributed by atoms with Gasteiger partial charge in [0, 0.05) is 31.3 Å². The Balaban J connectivity index is 0.00000245. The molecule has 0 amide bonds. The van der Waals surface area contributed by atoms with Crippen LogP contribution in [0.2, 0.25) is 0 Å². The molecule has 0 radical (unpaired) electrons. The minimum atomic E-state index is -5.08. The molecule has 2 heterocycles. The molecule has 252 valence electrons. The third-order valence-electron chi connectivity index (χ3n) is 6.29. The highest BCUT2D eigenvalue weighted by molar-refractivity contribution is 7.86. The smallest absolute Gasteiger partial charge is 0.351 e. The predicted molar refractivity (Wildman–Crippen MR) is 166 cm³/mol. The number of aromatic nitrogens is 3. The number of ether oxygens (including phenoxy) is 1. The number of fused-ring (bicyclic) bond motifs is 1. The molecule has 1 aromatic heterocycles. The summed E-state index contributed by atoms with van der Waals surface area (Å²) in [6.07, 6.45) is 0. The maximum Gasteiger partial charge on any atom is 0.351 e. The van der Waals surface area contributed by atoms with Gasteiger partial charge in [-0.05, 0) is 47.9 Å². The summed E-state index contributed by atoms with van der Waals surface area (Å²) in [5.41, 5.74) is 3.69. The first-order valence-corrected chi connectivity index (χ1v) is 17.2. The molecule has 1 aliphatic rings. The highest BCUT2D eigenvalue weighted by Crippen LogP contribution is 2.38. The van der Waals surface area contributed by atoms with E-state index in [2.05, 4.69) is 30.5 Å². The molecule has 0 atom stereocenters. The molecule has 3 aromatic carbocycles. The van der Waals surface area contributed by atoms with Crippen LogP contribution in [0, 0.1) is 0 Å². The second-order valence-electron chi connectivity index (χ2n) is 9.39. The van der Waals surface area contributed by atoms with Gasteiger partial charge >= 0.3 is 5.69 Å². The number of aromatic amines is 1. The maximum absolute atomic E-state index is 12.4. The number of morpholine rings is 1. The highest BCUT2D eigenvalue weighted by Gasteiger charge is 2.23. The number of nitrogens with two attached hydrogens (primary N) is 1. The number of aliphatic hydroxyl groups excluding tert-OH is 1. The average molecular weight is 715 g/mol. The van der Waals surface area contributed by atoms with Crippen molar-refractivity contribution in [3.8, 4) is 0 Å². The molecule has 0 spiro atoms. The number of rotatable bonds is 8. The number of anilines is 4. The lowest BCUT2D eigenvalue weighted by atomic mass is 10.1. The first-order valence-electron chi connectivity index (χ1n) is 12.9. The molecule has 20 nitrogen and oxygen atoms in total. The van der Waals surface area contributed by atoms with Crippen LogP contribution >= 0.6 is 0 Å². The van der Waals surface area contributed by atoms with E-state index < -0.39 is 62.1 Å². The van der Waals surface area contributed by atoms with E-state index in [-0.39, 0.29) is 34.0 Å². The van der Waals surface area contributed by atoms with Crippen molar-refractivity contribution in [2.75, 3.05) is 49.4 Å². The summed E-state index contributed by atoms with van der Waals surface area (Å²) in [7, 11) is -13.8. The van der Waals surface area contributed by atoms with Crippen LogP contribution in [0.15, 0.2) is 72.2 Å². The number of H-pyrrole nitrogens is 1. The molecule has 0 unspecified atom stereocenters. The number of aliphatic hydroxyl groups is 1. The van der Waals surface area contributed by atoms with Crippen molar-refractivity contribution in [3.63, 3.8) is 0 Å². The molecule has 1 saturated heterocycles. The van der Waals surface area contributed by atoms with Crippen molar-refractivity contribution < 1.29 is 48.8 Å². The fraction of sp³-hybridized carbons (Fsp3) is 0.208. The lowest BCUT2D eigenvalue weighted by Gasteiger charge is -2.26. The number of hydrogen-bond donors (Lipinski definition) is 7. The number of azo groups is 1. The van der Waals surface area contributed by atoms with Crippen LogP contribution in [0.4, 0.5) is 34.6 Å². The van der Waals surface area contributed by atoms with Gasteiger partial charge < -0.3 is 25.8 Å². The molecule has 0 aliphatic carbocycles. The van der Waals surface area contributed by atoms with Gasteiger partial charge in [0.05, 0.1) is 23.8 Å². The van der Waals surface area contributed by atoms with Crippen LogP contribution in [0.3, 0.4) is 0 Å². The number of nitrogens with one attached hydrogen (secondary N) is 2. The molecular formula is C24H26N8O12S3. The Labute approximate surface area is 266 Å². The zero-order valence-corrected chi connectivity index (χ0v) is 26.4. The second-order valence-corrected chi connectivity index (χ2v) is 13.6. The third-order valence-corrected chi connectivity index (χ3v) is 8.91. The van der Waals surface area contributed by atoms with Crippen LogP contribution in [0.1, 0.15) is 0 Å². The lowest BCUT2D eigenvalue weighted by Crippen LogP contribution is -2.38. The Morgan fingerprint density at radius 1 is 0.851 bits per heavy atom. The lowest BCUT2D eigenvalue weighted by molar-refractivity contribution is 0.122. The van der Waals surface area contributed by atoms with Crippen LogP contribution in [-0.4, -0.2) is 92.4 Å². The van der Waals surface area contributed by atoms with E-state index in [4.69, 9.17) is 15.6 Å². The quantitative estimate of drug-likeness (QED) is 0.0767. The summed E-state index contributed by atoms with van der Waals surface area (Å²) < 4.78 is 107. The molecule has 8 N–H and O–H groups in total. The molecule has 1 aliphatic heterocycles. The van der Waals surface area contributed by atoms with E-state index in [1.54, 1.807) is 4.90 Å². The fourth-order valence-corrected chi connectivity index (χ4v) is 6.08.